The van der Waals surface area contributed by atoms with Crippen LogP contribution in [0.25, 0.3) is 12.2 Å². The van der Waals surface area contributed by atoms with E-state index in [9.17, 15) is 20.1 Å². The molecule has 1 unspecified atom stereocenters. The molecule has 9 nitrogen and oxygen atoms in total. The van der Waals surface area contributed by atoms with E-state index >= 15 is 0 Å². The Balaban J connectivity index is 1.80. The second-order valence-corrected chi connectivity index (χ2v) is 7.42. The largest absolute Gasteiger partial charge is 0.497 e. The molecule has 1 fully saturated rings. The van der Waals surface area contributed by atoms with E-state index in [-0.39, 0.29) is 5.75 Å². The van der Waals surface area contributed by atoms with Crippen molar-refractivity contribution in [3.8, 4) is 17.2 Å². The van der Waals surface area contributed by atoms with Gasteiger partial charge in [-0.25, -0.2) is 0 Å². The van der Waals surface area contributed by atoms with Gasteiger partial charge in [-0.05, 0) is 35.4 Å². The molecule has 178 valence electrons. The van der Waals surface area contributed by atoms with E-state index in [1.54, 1.807) is 25.3 Å². The van der Waals surface area contributed by atoms with Gasteiger partial charge in [-0.1, -0.05) is 30.4 Å². The molecule has 3 rings (SSSR count). The molecule has 5 atom stereocenters. The van der Waals surface area contributed by atoms with Crippen molar-refractivity contribution >= 4 is 18.1 Å². The molecule has 1 saturated heterocycles. The highest BCUT2D eigenvalue weighted by Gasteiger charge is 2.47. The van der Waals surface area contributed by atoms with E-state index in [4.69, 9.17) is 23.7 Å². The van der Waals surface area contributed by atoms with Gasteiger partial charge in [-0.2, -0.15) is 0 Å². The maximum atomic E-state index is 11.5. The molecule has 1 heterocycles. The Hall–Kier alpha value is -3.11. The standard InChI is InChI=1S/C24H28O9/c1-14(26)31-23-22(28)21(27)20(13-25)33-24(23)32-18-11-8-16(12-19(18)30-3)5-4-15-6-9-17(29-2)10-7-15/h4-12,20-25,27-28H,13H2,1-3H3/t20-,21-,22+,23-,24?/m1/s1. The van der Waals surface area contributed by atoms with Gasteiger partial charge in [0.05, 0.1) is 20.8 Å². The molecule has 9 heteroatoms. The molecule has 0 radical (unpaired) electrons. The predicted octanol–water partition coefficient (Wildman–Crippen LogP) is 1.62. The number of aliphatic hydroxyl groups is 3. The summed E-state index contributed by atoms with van der Waals surface area (Å²) in [5.74, 6) is 0.727. The van der Waals surface area contributed by atoms with Crippen molar-refractivity contribution in [3.05, 3.63) is 53.6 Å². The number of benzene rings is 2. The fourth-order valence-corrected chi connectivity index (χ4v) is 3.39. The third kappa shape index (κ3) is 6.02. The van der Waals surface area contributed by atoms with E-state index in [1.165, 1.54) is 14.0 Å². The van der Waals surface area contributed by atoms with E-state index in [0.29, 0.717) is 5.75 Å². The van der Waals surface area contributed by atoms with Gasteiger partial charge in [-0.3, -0.25) is 4.79 Å². The number of aliphatic hydroxyl groups excluding tert-OH is 3. The van der Waals surface area contributed by atoms with Crippen LogP contribution in [-0.2, 0) is 14.3 Å². The summed E-state index contributed by atoms with van der Waals surface area (Å²) < 4.78 is 27.1. The van der Waals surface area contributed by atoms with Gasteiger partial charge in [0.2, 0.25) is 6.29 Å². The lowest BCUT2D eigenvalue weighted by molar-refractivity contribution is -0.282. The fraction of sp³-hybridized carbons (Fsp3) is 0.375. The quantitative estimate of drug-likeness (QED) is 0.398. The van der Waals surface area contributed by atoms with Crippen molar-refractivity contribution in [1.29, 1.82) is 0 Å². The zero-order chi connectivity index (χ0) is 24.0. The van der Waals surface area contributed by atoms with Crippen LogP contribution in [-0.4, -0.2) is 72.8 Å². The monoisotopic (exact) mass is 460 g/mol. The molecule has 0 aromatic heterocycles. The van der Waals surface area contributed by atoms with Gasteiger partial charge < -0.3 is 39.0 Å². The Morgan fingerprint density at radius 1 is 0.970 bits per heavy atom. The molecular formula is C24H28O9. The number of carbonyl (C=O) groups is 1. The van der Waals surface area contributed by atoms with Crippen LogP contribution in [0.1, 0.15) is 18.1 Å². The summed E-state index contributed by atoms with van der Waals surface area (Å²) in [6.07, 6.45) is -2.84. The minimum Gasteiger partial charge on any atom is -0.497 e. The van der Waals surface area contributed by atoms with Gasteiger partial charge in [0.15, 0.2) is 17.6 Å². The third-order valence-corrected chi connectivity index (χ3v) is 5.14. The number of hydrogen-bond acceptors (Lipinski definition) is 9. The van der Waals surface area contributed by atoms with Crippen LogP contribution in [0.15, 0.2) is 42.5 Å². The van der Waals surface area contributed by atoms with E-state index in [2.05, 4.69) is 0 Å². The lowest BCUT2D eigenvalue weighted by atomic mass is 9.99. The smallest absolute Gasteiger partial charge is 0.303 e. The van der Waals surface area contributed by atoms with Crippen LogP contribution in [0.5, 0.6) is 17.2 Å². The molecular weight excluding hydrogens is 432 g/mol. The lowest BCUT2D eigenvalue weighted by Crippen LogP contribution is -2.61. The van der Waals surface area contributed by atoms with Gasteiger partial charge >= 0.3 is 5.97 Å². The highest BCUT2D eigenvalue weighted by Crippen LogP contribution is 2.33. The van der Waals surface area contributed by atoms with E-state index in [1.807, 2.05) is 36.4 Å². The zero-order valence-electron chi connectivity index (χ0n) is 18.6. The van der Waals surface area contributed by atoms with Crippen molar-refractivity contribution in [1.82, 2.24) is 0 Å². The maximum Gasteiger partial charge on any atom is 0.303 e. The second kappa shape index (κ2) is 11.2. The Kier molecular flexibility index (Phi) is 8.29. The summed E-state index contributed by atoms with van der Waals surface area (Å²) in [7, 11) is 3.08. The normalized spacial score (nSPS) is 25.0. The highest BCUT2D eigenvalue weighted by atomic mass is 16.7. The van der Waals surface area contributed by atoms with Crippen LogP contribution in [0.4, 0.5) is 0 Å². The number of ether oxygens (including phenoxy) is 5. The van der Waals surface area contributed by atoms with Crippen molar-refractivity contribution in [3.63, 3.8) is 0 Å². The lowest BCUT2D eigenvalue weighted by Gasteiger charge is -2.41. The molecule has 33 heavy (non-hydrogen) atoms. The Morgan fingerprint density at radius 3 is 2.24 bits per heavy atom. The molecule has 1 aliphatic heterocycles. The van der Waals surface area contributed by atoms with E-state index < -0.39 is 43.3 Å². The minimum atomic E-state index is -1.51. The first-order valence-corrected chi connectivity index (χ1v) is 10.3. The molecule has 0 spiro atoms. The summed E-state index contributed by atoms with van der Waals surface area (Å²) >= 11 is 0. The molecule has 0 amide bonds. The molecule has 0 bridgehead atoms. The van der Waals surface area contributed by atoms with Crippen LogP contribution >= 0.6 is 0 Å². The molecule has 3 N–H and O–H groups in total. The maximum absolute atomic E-state index is 11.5. The number of rotatable bonds is 8. The topological polar surface area (TPSA) is 124 Å². The SMILES string of the molecule is COc1ccc(C=Cc2ccc(OC3O[C@H](CO)[C@@H](O)[C@H](O)[C@H]3OC(C)=O)c(OC)c2)cc1. The molecule has 1 aliphatic rings. The third-order valence-electron chi connectivity index (χ3n) is 5.14. The van der Waals surface area contributed by atoms with Gasteiger partial charge in [-0.15, -0.1) is 0 Å². The molecule has 0 aliphatic carbocycles. The first kappa shape index (κ1) is 24.5. The minimum absolute atomic E-state index is 0.265. The number of methoxy groups -OCH3 is 2. The average molecular weight is 460 g/mol. The van der Waals surface area contributed by atoms with Crippen LogP contribution in [0, 0.1) is 0 Å². The van der Waals surface area contributed by atoms with Crippen molar-refractivity contribution in [2.45, 2.75) is 37.6 Å². The van der Waals surface area contributed by atoms with Crippen LogP contribution in [0.2, 0.25) is 0 Å². The molecule has 0 saturated carbocycles. The zero-order valence-corrected chi connectivity index (χ0v) is 18.6. The van der Waals surface area contributed by atoms with Gasteiger partial charge in [0.25, 0.3) is 0 Å². The summed E-state index contributed by atoms with van der Waals surface area (Å²) in [4.78, 5) is 11.5. The predicted molar refractivity (Wildman–Crippen MR) is 119 cm³/mol. The molecule has 2 aromatic rings. The Morgan fingerprint density at radius 2 is 1.64 bits per heavy atom. The van der Waals surface area contributed by atoms with Gasteiger partial charge in [0.1, 0.15) is 24.1 Å². The summed E-state index contributed by atoms with van der Waals surface area (Å²) in [6.45, 7) is 0.607. The van der Waals surface area contributed by atoms with Crippen molar-refractivity contribution in [2.75, 3.05) is 20.8 Å². The number of carbonyl (C=O) groups excluding carboxylic acids is 1. The first-order chi connectivity index (χ1) is 15.9. The molecule has 2 aromatic carbocycles. The Bertz CT molecular complexity index is 957. The van der Waals surface area contributed by atoms with Crippen LogP contribution in [0.3, 0.4) is 0 Å². The summed E-state index contributed by atoms with van der Waals surface area (Å²) in [5.41, 5.74) is 1.82. The average Bonchev–Trinajstić information content (AvgIpc) is 2.82. The second-order valence-electron chi connectivity index (χ2n) is 7.42. The summed E-state index contributed by atoms with van der Waals surface area (Å²) in [5, 5.41) is 29.9. The summed E-state index contributed by atoms with van der Waals surface area (Å²) in [6, 6.07) is 12.8. The number of esters is 1. The highest BCUT2D eigenvalue weighted by molar-refractivity contribution is 5.71. The van der Waals surface area contributed by atoms with Crippen molar-refractivity contribution in [2.24, 2.45) is 0 Å². The fourth-order valence-electron chi connectivity index (χ4n) is 3.39. The van der Waals surface area contributed by atoms with Crippen LogP contribution < -0.4 is 14.2 Å². The van der Waals surface area contributed by atoms with Gasteiger partial charge in [0, 0.05) is 6.92 Å². The Labute approximate surface area is 191 Å². The first-order valence-electron chi connectivity index (χ1n) is 10.3. The van der Waals surface area contributed by atoms with Crippen molar-refractivity contribution < 1.29 is 43.8 Å². The number of hydrogen-bond donors (Lipinski definition) is 3. The van der Waals surface area contributed by atoms with E-state index in [0.717, 1.165) is 16.9 Å².